The van der Waals surface area contributed by atoms with Gasteiger partial charge in [0.05, 0.1) is 22.6 Å². The average molecular weight is 679 g/mol. The zero-order chi connectivity index (χ0) is 35.3. The van der Waals surface area contributed by atoms with E-state index in [4.69, 9.17) is 14.4 Å². The molecule has 3 nitrogen and oxygen atoms in total. The first kappa shape index (κ1) is 30.9. The van der Waals surface area contributed by atoms with E-state index in [1.807, 2.05) is 12.1 Å². The van der Waals surface area contributed by atoms with E-state index in [9.17, 15) is 0 Å². The smallest absolute Gasteiger partial charge is 0.144 e. The Bertz CT molecular complexity index is 2930. The molecule has 0 saturated carbocycles. The molecule has 250 valence electrons. The normalized spacial score (nSPS) is 13.5. The highest BCUT2D eigenvalue weighted by atomic mass is 16.3. The van der Waals surface area contributed by atoms with E-state index in [1.54, 1.807) is 0 Å². The van der Waals surface area contributed by atoms with Gasteiger partial charge in [-0.05, 0) is 77.6 Å². The summed E-state index contributed by atoms with van der Waals surface area (Å²) in [7, 11) is 0. The van der Waals surface area contributed by atoms with Crippen molar-refractivity contribution in [2.24, 2.45) is 4.99 Å². The van der Waals surface area contributed by atoms with Gasteiger partial charge in [-0.1, -0.05) is 140 Å². The van der Waals surface area contributed by atoms with Crippen LogP contribution in [0.3, 0.4) is 0 Å². The minimum Gasteiger partial charge on any atom is -0.455 e. The fourth-order valence-electron chi connectivity index (χ4n) is 7.83. The lowest BCUT2D eigenvalue weighted by Crippen LogP contribution is -1.98. The van der Waals surface area contributed by atoms with Crippen molar-refractivity contribution in [3.8, 4) is 22.4 Å². The monoisotopic (exact) mass is 678 g/mol. The minimum atomic E-state index is 0.796. The molecule has 0 atom stereocenters. The molecule has 3 heteroatoms. The van der Waals surface area contributed by atoms with Gasteiger partial charge in [-0.15, -0.1) is 0 Å². The van der Waals surface area contributed by atoms with Crippen molar-refractivity contribution in [3.05, 3.63) is 198 Å². The van der Waals surface area contributed by atoms with Gasteiger partial charge >= 0.3 is 0 Å². The van der Waals surface area contributed by atoms with Crippen molar-refractivity contribution in [1.29, 1.82) is 0 Å². The number of benzene rings is 7. The molecule has 7 aromatic carbocycles. The van der Waals surface area contributed by atoms with Crippen LogP contribution in [0.5, 0.6) is 0 Å². The van der Waals surface area contributed by atoms with Gasteiger partial charge in [-0.2, -0.15) is 0 Å². The van der Waals surface area contributed by atoms with Gasteiger partial charge < -0.3 is 4.42 Å². The number of para-hydroxylation sites is 1. The van der Waals surface area contributed by atoms with Crippen LogP contribution < -0.4 is 0 Å². The second-order valence-corrected chi connectivity index (χ2v) is 13.8. The first-order valence-electron chi connectivity index (χ1n) is 18.1. The Kier molecular flexibility index (Phi) is 7.43. The van der Waals surface area contributed by atoms with Crippen molar-refractivity contribution in [1.82, 2.24) is 4.98 Å². The Labute approximate surface area is 307 Å². The standard InChI is InChI=1S/C50H34N2O/c1-32-29-39(34-15-7-3-8-16-34)31-45(36-23-21-35(22-24-36)33-13-5-2-6-14-33)52-48(32)38-25-28-46-43(30-38)40-26-27-42-47(50(40)53-46)41-19-11-12-20-44(41)51-49(42)37-17-9-4-10-18-37/h2-28,30-31H,29H2,1H3. The van der Waals surface area contributed by atoms with Gasteiger partial charge in [-0.3, -0.25) is 0 Å². The summed E-state index contributed by atoms with van der Waals surface area (Å²) in [5.74, 6) is 0. The highest BCUT2D eigenvalue weighted by Crippen LogP contribution is 2.42. The van der Waals surface area contributed by atoms with Gasteiger partial charge in [0.2, 0.25) is 0 Å². The summed E-state index contributed by atoms with van der Waals surface area (Å²) in [4.78, 5) is 10.6. The number of rotatable bonds is 5. The molecule has 0 aliphatic carbocycles. The molecule has 0 fully saturated rings. The van der Waals surface area contributed by atoms with Crippen molar-refractivity contribution >= 4 is 60.6 Å². The molecule has 1 aliphatic heterocycles. The summed E-state index contributed by atoms with van der Waals surface area (Å²) in [6.07, 6.45) is 3.06. The second kappa shape index (κ2) is 12.7. The Morgan fingerprint density at radius 1 is 0.491 bits per heavy atom. The van der Waals surface area contributed by atoms with Gasteiger partial charge in [0.15, 0.2) is 0 Å². The molecule has 0 amide bonds. The van der Waals surface area contributed by atoms with E-state index in [0.717, 1.165) is 83.8 Å². The van der Waals surface area contributed by atoms with Crippen LogP contribution >= 0.6 is 0 Å². The zero-order valence-electron chi connectivity index (χ0n) is 29.3. The number of fused-ring (bicyclic) bond motifs is 7. The molecule has 53 heavy (non-hydrogen) atoms. The first-order chi connectivity index (χ1) is 26.2. The zero-order valence-corrected chi connectivity index (χ0v) is 29.3. The molecule has 0 N–H and O–H groups in total. The third-order valence-corrected chi connectivity index (χ3v) is 10.5. The summed E-state index contributed by atoms with van der Waals surface area (Å²) in [5.41, 5.74) is 14.9. The molecule has 0 saturated heterocycles. The quantitative estimate of drug-likeness (QED) is 0.170. The van der Waals surface area contributed by atoms with Crippen LogP contribution in [0.2, 0.25) is 0 Å². The summed E-state index contributed by atoms with van der Waals surface area (Å²) in [5, 5.41) is 5.41. The predicted molar refractivity (Wildman–Crippen MR) is 222 cm³/mol. The number of pyridine rings is 1. The third kappa shape index (κ3) is 5.46. The number of allylic oxidation sites excluding steroid dienone is 3. The fourth-order valence-corrected chi connectivity index (χ4v) is 7.83. The SMILES string of the molecule is CC1=C(c2ccc3oc4c(ccc5c(-c6ccccc6)nc6ccccc6c54)c3c2)N=C(c2ccc(-c3ccccc3)cc2)C=C(c2ccccc2)C1. The van der Waals surface area contributed by atoms with Crippen LogP contribution in [0.15, 0.2) is 191 Å². The lowest BCUT2D eigenvalue weighted by Gasteiger charge is -2.10. The van der Waals surface area contributed by atoms with E-state index in [1.165, 1.54) is 27.8 Å². The summed E-state index contributed by atoms with van der Waals surface area (Å²) >= 11 is 0. The first-order valence-corrected chi connectivity index (χ1v) is 18.1. The van der Waals surface area contributed by atoms with Gasteiger partial charge in [0, 0.05) is 43.6 Å². The summed E-state index contributed by atoms with van der Waals surface area (Å²) in [6.45, 7) is 2.21. The molecule has 3 heterocycles. The number of nitrogens with zero attached hydrogens (tertiary/aromatic N) is 2. The van der Waals surface area contributed by atoms with E-state index in [2.05, 4.69) is 171 Å². The molecule has 0 radical (unpaired) electrons. The van der Waals surface area contributed by atoms with Crippen LogP contribution in [-0.2, 0) is 0 Å². The average Bonchev–Trinajstić information content (AvgIpc) is 3.51. The molecule has 9 aromatic rings. The van der Waals surface area contributed by atoms with E-state index in [-0.39, 0.29) is 0 Å². The van der Waals surface area contributed by atoms with Crippen LogP contribution in [-0.4, -0.2) is 10.7 Å². The molecule has 0 bridgehead atoms. The van der Waals surface area contributed by atoms with E-state index in [0.29, 0.717) is 0 Å². The third-order valence-electron chi connectivity index (χ3n) is 10.5. The number of aromatic nitrogens is 1. The highest BCUT2D eigenvalue weighted by Gasteiger charge is 2.20. The van der Waals surface area contributed by atoms with Crippen molar-refractivity contribution in [2.75, 3.05) is 0 Å². The molecular weight excluding hydrogens is 645 g/mol. The maximum Gasteiger partial charge on any atom is 0.144 e. The van der Waals surface area contributed by atoms with Gasteiger partial charge in [0.25, 0.3) is 0 Å². The maximum absolute atomic E-state index is 6.78. The van der Waals surface area contributed by atoms with E-state index < -0.39 is 0 Å². The molecular formula is C50H34N2O. The highest BCUT2D eigenvalue weighted by molar-refractivity contribution is 6.25. The molecule has 0 unspecified atom stereocenters. The van der Waals surface area contributed by atoms with Crippen molar-refractivity contribution in [3.63, 3.8) is 0 Å². The number of furan rings is 1. The minimum absolute atomic E-state index is 0.796. The fraction of sp³-hybridized carbons (Fsp3) is 0.0400. The summed E-state index contributed by atoms with van der Waals surface area (Å²) < 4.78 is 6.78. The molecule has 1 aliphatic rings. The van der Waals surface area contributed by atoms with E-state index >= 15 is 0 Å². The van der Waals surface area contributed by atoms with Crippen LogP contribution in [0.4, 0.5) is 0 Å². The van der Waals surface area contributed by atoms with Gasteiger partial charge in [0.1, 0.15) is 11.2 Å². The lowest BCUT2D eigenvalue weighted by molar-refractivity contribution is 0.673. The summed E-state index contributed by atoms with van der Waals surface area (Å²) in [6, 6.07) is 59.7. The Morgan fingerprint density at radius 2 is 1.09 bits per heavy atom. The maximum atomic E-state index is 6.78. The Hall–Kier alpha value is -6.84. The van der Waals surface area contributed by atoms with Crippen molar-refractivity contribution < 1.29 is 4.42 Å². The van der Waals surface area contributed by atoms with Gasteiger partial charge in [-0.25, -0.2) is 9.98 Å². The largest absolute Gasteiger partial charge is 0.455 e. The van der Waals surface area contributed by atoms with Crippen molar-refractivity contribution in [2.45, 2.75) is 13.3 Å². The predicted octanol–water partition coefficient (Wildman–Crippen LogP) is 13.3. The Balaban J connectivity index is 1.14. The lowest BCUT2D eigenvalue weighted by atomic mass is 9.95. The number of hydrogen-bond acceptors (Lipinski definition) is 3. The molecule has 2 aromatic heterocycles. The van der Waals surface area contributed by atoms with Crippen LogP contribution in [0, 0.1) is 0 Å². The molecule has 0 spiro atoms. The topological polar surface area (TPSA) is 38.4 Å². The Morgan fingerprint density at radius 3 is 1.85 bits per heavy atom. The number of hydrogen-bond donors (Lipinski definition) is 0. The molecule has 10 rings (SSSR count). The second-order valence-electron chi connectivity index (χ2n) is 13.8. The van der Waals surface area contributed by atoms with Crippen LogP contribution in [0.25, 0.3) is 77.3 Å². The van der Waals surface area contributed by atoms with Crippen LogP contribution in [0.1, 0.15) is 30.0 Å². The number of aliphatic imine (C=N–C) groups is 1.